The number of benzene rings is 1. The first-order chi connectivity index (χ1) is 13.9. The molecule has 0 aliphatic rings. The molecule has 30 heavy (non-hydrogen) atoms. The quantitative estimate of drug-likeness (QED) is 0.514. The third-order valence-electron chi connectivity index (χ3n) is 4.57. The van der Waals surface area contributed by atoms with Gasteiger partial charge >= 0.3 is 0 Å². The molecule has 0 saturated carbocycles. The predicted octanol–water partition coefficient (Wildman–Crippen LogP) is 4.00. The molecule has 0 unspecified atom stereocenters. The number of hydrogen-bond acceptors (Lipinski definition) is 7. The molecule has 3 heterocycles. The number of aryl methyl sites for hydroxylation is 2. The van der Waals surface area contributed by atoms with E-state index in [0.717, 1.165) is 33.8 Å². The van der Waals surface area contributed by atoms with Gasteiger partial charge in [0.1, 0.15) is 0 Å². The normalized spacial score (nSPS) is 11.0. The first kappa shape index (κ1) is 21.6. The Morgan fingerprint density at radius 3 is 2.30 bits per heavy atom. The Bertz CT molecular complexity index is 1130. The van der Waals surface area contributed by atoms with E-state index in [-0.39, 0.29) is 18.3 Å². The van der Waals surface area contributed by atoms with Crippen LogP contribution < -0.4 is 5.73 Å². The van der Waals surface area contributed by atoms with Crippen LogP contribution in [0.15, 0.2) is 41.1 Å². The largest absolute Gasteiger partial charge is 0.333 e. The fraction of sp³-hybridized carbons (Fsp3) is 0.286. The fourth-order valence-electron chi connectivity index (χ4n) is 3.13. The Kier molecular flexibility index (Phi) is 6.28. The molecule has 9 heteroatoms. The SMILES string of the molecule is Cc1cc(C)nc(-n2cc(-c3nc(-c4ccc(CN)cc4)no3)c(C(C)C)n2)n1.Cl. The van der Waals surface area contributed by atoms with Crippen molar-refractivity contribution in [3.8, 4) is 28.8 Å². The minimum Gasteiger partial charge on any atom is -0.333 e. The fourth-order valence-corrected chi connectivity index (χ4v) is 3.13. The number of halogens is 1. The van der Waals surface area contributed by atoms with E-state index >= 15 is 0 Å². The average Bonchev–Trinajstić information content (AvgIpc) is 3.34. The number of rotatable bonds is 5. The zero-order chi connectivity index (χ0) is 20.5. The van der Waals surface area contributed by atoms with Gasteiger partial charge in [-0.25, -0.2) is 14.6 Å². The van der Waals surface area contributed by atoms with Gasteiger partial charge in [0, 0.05) is 29.7 Å². The van der Waals surface area contributed by atoms with Crippen molar-refractivity contribution in [2.24, 2.45) is 5.73 Å². The highest BCUT2D eigenvalue weighted by molar-refractivity contribution is 5.85. The van der Waals surface area contributed by atoms with E-state index in [1.165, 1.54) is 0 Å². The van der Waals surface area contributed by atoms with Gasteiger partial charge in [0.2, 0.25) is 5.82 Å². The standard InChI is InChI=1S/C21H23N7O.ClH/c1-12(2)18-17(11-28(26-18)21-23-13(3)9-14(4)24-21)20-25-19(27-29-20)16-7-5-15(10-22)6-8-16;/h5-9,11-12H,10,22H2,1-4H3;1H. The summed E-state index contributed by atoms with van der Waals surface area (Å²) < 4.78 is 7.24. The van der Waals surface area contributed by atoms with E-state index in [1.54, 1.807) is 4.68 Å². The molecule has 0 radical (unpaired) electrons. The molecule has 0 saturated heterocycles. The summed E-state index contributed by atoms with van der Waals surface area (Å²) in [7, 11) is 0. The maximum absolute atomic E-state index is 5.66. The van der Waals surface area contributed by atoms with Crippen molar-refractivity contribution in [2.45, 2.75) is 40.2 Å². The van der Waals surface area contributed by atoms with Gasteiger partial charge in [-0.15, -0.1) is 12.4 Å². The Labute approximate surface area is 181 Å². The van der Waals surface area contributed by atoms with Gasteiger partial charge in [0.05, 0.1) is 11.3 Å². The van der Waals surface area contributed by atoms with Gasteiger partial charge in [-0.2, -0.15) is 10.1 Å². The highest BCUT2D eigenvalue weighted by Gasteiger charge is 2.21. The van der Waals surface area contributed by atoms with Gasteiger partial charge in [-0.1, -0.05) is 43.3 Å². The zero-order valence-corrected chi connectivity index (χ0v) is 18.1. The first-order valence-electron chi connectivity index (χ1n) is 9.50. The molecule has 0 aliphatic carbocycles. The second-order valence-corrected chi connectivity index (χ2v) is 7.30. The van der Waals surface area contributed by atoms with Crippen LogP contribution in [0.1, 0.15) is 42.4 Å². The lowest BCUT2D eigenvalue weighted by Gasteiger charge is -2.03. The minimum atomic E-state index is 0. The molecule has 0 fully saturated rings. The van der Waals surface area contributed by atoms with Crippen LogP contribution in [-0.2, 0) is 6.54 Å². The maximum atomic E-state index is 5.66. The van der Waals surface area contributed by atoms with Gasteiger partial charge in [0.15, 0.2) is 0 Å². The number of aromatic nitrogens is 6. The van der Waals surface area contributed by atoms with Crippen LogP contribution in [0.25, 0.3) is 28.8 Å². The van der Waals surface area contributed by atoms with Crippen molar-refractivity contribution >= 4 is 12.4 Å². The summed E-state index contributed by atoms with van der Waals surface area (Å²) in [5.74, 6) is 1.63. The summed E-state index contributed by atoms with van der Waals surface area (Å²) in [6.07, 6.45) is 1.85. The molecule has 3 aromatic heterocycles. The molecule has 156 valence electrons. The predicted molar refractivity (Wildman–Crippen MR) is 117 cm³/mol. The zero-order valence-electron chi connectivity index (χ0n) is 17.3. The molecule has 1 aromatic carbocycles. The third kappa shape index (κ3) is 4.24. The van der Waals surface area contributed by atoms with Crippen molar-refractivity contribution in [2.75, 3.05) is 0 Å². The topological polar surface area (TPSA) is 109 Å². The van der Waals surface area contributed by atoms with Crippen LogP contribution in [0, 0.1) is 13.8 Å². The van der Waals surface area contributed by atoms with E-state index in [9.17, 15) is 0 Å². The molecule has 2 N–H and O–H groups in total. The Balaban J connectivity index is 0.00000256. The lowest BCUT2D eigenvalue weighted by atomic mass is 10.1. The maximum Gasteiger partial charge on any atom is 0.261 e. The highest BCUT2D eigenvalue weighted by atomic mass is 35.5. The van der Waals surface area contributed by atoms with Gasteiger partial charge in [-0.3, -0.25) is 0 Å². The average molecular weight is 426 g/mol. The second kappa shape index (κ2) is 8.73. The molecule has 0 bridgehead atoms. The third-order valence-corrected chi connectivity index (χ3v) is 4.57. The molecule has 0 amide bonds. The monoisotopic (exact) mass is 425 g/mol. The summed E-state index contributed by atoms with van der Waals surface area (Å²) in [5, 5.41) is 8.84. The lowest BCUT2D eigenvalue weighted by Crippen LogP contribution is -2.05. The van der Waals surface area contributed by atoms with Crippen molar-refractivity contribution in [1.29, 1.82) is 0 Å². The summed E-state index contributed by atoms with van der Waals surface area (Å²) in [4.78, 5) is 13.6. The highest BCUT2D eigenvalue weighted by Crippen LogP contribution is 2.29. The van der Waals surface area contributed by atoms with E-state index in [0.29, 0.717) is 24.2 Å². The van der Waals surface area contributed by atoms with Crippen molar-refractivity contribution < 1.29 is 4.52 Å². The number of hydrogen-bond donors (Lipinski definition) is 1. The molecule has 8 nitrogen and oxygen atoms in total. The lowest BCUT2D eigenvalue weighted by molar-refractivity contribution is 0.431. The van der Waals surface area contributed by atoms with Gasteiger partial charge in [0.25, 0.3) is 11.8 Å². The van der Waals surface area contributed by atoms with E-state index in [2.05, 4.69) is 34.0 Å². The Morgan fingerprint density at radius 1 is 1.03 bits per heavy atom. The van der Waals surface area contributed by atoms with Crippen LogP contribution in [0.2, 0.25) is 0 Å². The summed E-state index contributed by atoms with van der Waals surface area (Å²) in [6, 6.07) is 9.72. The molecular formula is C21H24ClN7O. The first-order valence-corrected chi connectivity index (χ1v) is 9.50. The molecule has 0 spiro atoms. The van der Waals surface area contributed by atoms with E-state index < -0.39 is 0 Å². The van der Waals surface area contributed by atoms with Crippen LogP contribution in [0.5, 0.6) is 0 Å². The molecule has 4 rings (SSSR count). The molecule has 0 atom stereocenters. The Morgan fingerprint density at radius 2 is 1.70 bits per heavy atom. The van der Waals surface area contributed by atoms with Crippen molar-refractivity contribution in [3.05, 3.63) is 59.2 Å². The second-order valence-electron chi connectivity index (χ2n) is 7.30. The van der Waals surface area contributed by atoms with Crippen LogP contribution in [0.3, 0.4) is 0 Å². The van der Waals surface area contributed by atoms with Crippen LogP contribution in [-0.4, -0.2) is 29.9 Å². The summed E-state index contributed by atoms with van der Waals surface area (Å²) in [5.41, 5.74) is 11.0. The van der Waals surface area contributed by atoms with Crippen molar-refractivity contribution in [1.82, 2.24) is 29.9 Å². The van der Waals surface area contributed by atoms with Gasteiger partial charge < -0.3 is 10.3 Å². The molecular weight excluding hydrogens is 402 g/mol. The Hall–Kier alpha value is -3.10. The number of nitrogens with two attached hydrogens (primary N) is 1. The smallest absolute Gasteiger partial charge is 0.261 e. The summed E-state index contributed by atoms with van der Waals surface area (Å²) in [6.45, 7) is 8.51. The number of nitrogens with zero attached hydrogens (tertiary/aromatic N) is 6. The molecule has 4 aromatic rings. The van der Waals surface area contributed by atoms with Gasteiger partial charge in [-0.05, 0) is 31.4 Å². The van der Waals surface area contributed by atoms with E-state index in [1.807, 2.05) is 50.4 Å². The summed E-state index contributed by atoms with van der Waals surface area (Å²) >= 11 is 0. The minimum absolute atomic E-state index is 0. The van der Waals surface area contributed by atoms with E-state index in [4.69, 9.17) is 15.4 Å². The van der Waals surface area contributed by atoms with Crippen molar-refractivity contribution in [3.63, 3.8) is 0 Å². The molecule has 0 aliphatic heterocycles. The van der Waals surface area contributed by atoms with Crippen LogP contribution in [0.4, 0.5) is 0 Å². The van der Waals surface area contributed by atoms with Crippen LogP contribution >= 0.6 is 12.4 Å².